The summed E-state index contributed by atoms with van der Waals surface area (Å²) >= 11 is 0. The third kappa shape index (κ3) is 2.32. The van der Waals surface area contributed by atoms with Gasteiger partial charge in [0.25, 0.3) is 5.88 Å². The Hall–Kier alpha value is -2.37. The van der Waals surface area contributed by atoms with E-state index in [0.29, 0.717) is 6.54 Å². The number of nitrogens with zero attached hydrogens (tertiary/aromatic N) is 2. The van der Waals surface area contributed by atoms with Crippen molar-refractivity contribution in [1.82, 2.24) is 9.55 Å². The molecule has 0 amide bonds. The molecule has 0 aliphatic carbocycles. The Balaban J connectivity index is 2.37. The molecule has 5 nitrogen and oxygen atoms in total. The van der Waals surface area contributed by atoms with Gasteiger partial charge in [0.1, 0.15) is 5.82 Å². The van der Waals surface area contributed by atoms with E-state index in [0.717, 1.165) is 6.07 Å². The SMILES string of the molecule is CCn1ccnc(Oc2ccc(F)cc2N)c1=O. The van der Waals surface area contributed by atoms with Crippen LogP contribution in [0, 0.1) is 5.82 Å². The summed E-state index contributed by atoms with van der Waals surface area (Å²) in [5, 5.41) is 0. The van der Waals surface area contributed by atoms with E-state index in [-0.39, 0.29) is 22.9 Å². The number of hydrogen-bond acceptors (Lipinski definition) is 4. The van der Waals surface area contributed by atoms with Gasteiger partial charge in [-0.25, -0.2) is 9.37 Å². The fourth-order valence-corrected chi connectivity index (χ4v) is 1.46. The largest absolute Gasteiger partial charge is 0.432 e. The summed E-state index contributed by atoms with van der Waals surface area (Å²) < 4.78 is 19.6. The number of nitrogen functional groups attached to an aromatic ring is 1. The van der Waals surface area contributed by atoms with E-state index in [1.807, 2.05) is 6.92 Å². The maximum Gasteiger partial charge on any atom is 0.313 e. The molecule has 1 aromatic heterocycles. The van der Waals surface area contributed by atoms with Crippen LogP contribution in [-0.4, -0.2) is 9.55 Å². The maximum absolute atomic E-state index is 12.9. The molecule has 18 heavy (non-hydrogen) atoms. The topological polar surface area (TPSA) is 70.1 Å². The molecule has 0 radical (unpaired) electrons. The Labute approximate surface area is 103 Å². The Morgan fingerprint density at radius 3 is 2.94 bits per heavy atom. The van der Waals surface area contributed by atoms with Crippen molar-refractivity contribution in [2.75, 3.05) is 5.73 Å². The third-order valence-electron chi connectivity index (χ3n) is 2.40. The van der Waals surface area contributed by atoms with Gasteiger partial charge in [0.05, 0.1) is 5.69 Å². The summed E-state index contributed by atoms with van der Waals surface area (Å²) in [5.41, 5.74) is 5.34. The first-order valence-corrected chi connectivity index (χ1v) is 5.40. The lowest BCUT2D eigenvalue weighted by atomic mass is 10.3. The number of nitrogens with two attached hydrogens (primary N) is 1. The molecule has 0 saturated heterocycles. The third-order valence-corrected chi connectivity index (χ3v) is 2.40. The van der Waals surface area contributed by atoms with Crippen LogP contribution in [0.4, 0.5) is 10.1 Å². The number of ether oxygens (including phenoxy) is 1. The number of aromatic nitrogens is 2. The van der Waals surface area contributed by atoms with Gasteiger partial charge in [-0.2, -0.15) is 0 Å². The van der Waals surface area contributed by atoms with Gasteiger partial charge >= 0.3 is 5.56 Å². The zero-order valence-corrected chi connectivity index (χ0v) is 9.76. The second-order valence-electron chi connectivity index (χ2n) is 3.61. The van der Waals surface area contributed by atoms with Crippen LogP contribution in [0.5, 0.6) is 11.6 Å². The Kier molecular flexibility index (Phi) is 3.27. The van der Waals surface area contributed by atoms with Gasteiger partial charge in [0, 0.05) is 25.0 Å². The molecule has 0 unspecified atom stereocenters. The first-order chi connectivity index (χ1) is 8.61. The smallest absolute Gasteiger partial charge is 0.313 e. The van der Waals surface area contributed by atoms with E-state index in [1.165, 1.54) is 22.9 Å². The molecule has 2 N–H and O–H groups in total. The molecule has 0 fully saturated rings. The molecular weight excluding hydrogens is 237 g/mol. The van der Waals surface area contributed by atoms with Gasteiger partial charge in [-0.15, -0.1) is 0 Å². The second kappa shape index (κ2) is 4.87. The van der Waals surface area contributed by atoms with E-state index in [9.17, 15) is 9.18 Å². The summed E-state index contributed by atoms with van der Waals surface area (Å²) in [7, 11) is 0. The average Bonchev–Trinajstić information content (AvgIpc) is 2.35. The highest BCUT2D eigenvalue weighted by molar-refractivity contribution is 5.53. The summed E-state index contributed by atoms with van der Waals surface area (Å²) in [5.74, 6) is -0.348. The number of halogens is 1. The molecule has 0 aliphatic rings. The van der Waals surface area contributed by atoms with Crippen molar-refractivity contribution in [2.24, 2.45) is 0 Å². The predicted molar refractivity (Wildman–Crippen MR) is 65.1 cm³/mol. The zero-order chi connectivity index (χ0) is 13.1. The number of rotatable bonds is 3. The van der Waals surface area contributed by atoms with Crippen molar-refractivity contribution in [3.63, 3.8) is 0 Å². The van der Waals surface area contributed by atoms with Crippen molar-refractivity contribution in [2.45, 2.75) is 13.5 Å². The summed E-state index contributed by atoms with van der Waals surface area (Å²) in [6.07, 6.45) is 3.02. The van der Waals surface area contributed by atoms with Crippen molar-refractivity contribution in [3.8, 4) is 11.6 Å². The molecule has 1 heterocycles. The molecule has 94 valence electrons. The summed E-state index contributed by atoms with van der Waals surface area (Å²) in [4.78, 5) is 15.7. The van der Waals surface area contributed by atoms with Crippen molar-refractivity contribution >= 4 is 5.69 Å². The van der Waals surface area contributed by atoms with Crippen LogP contribution in [-0.2, 0) is 6.54 Å². The van der Waals surface area contributed by atoms with Crippen LogP contribution in [0.2, 0.25) is 0 Å². The van der Waals surface area contributed by atoms with E-state index < -0.39 is 5.82 Å². The second-order valence-corrected chi connectivity index (χ2v) is 3.61. The van der Waals surface area contributed by atoms with Crippen LogP contribution in [0.25, 0.3) is 0 Å². The lowest BCUT2D eigenvalue weighted by molar-refractivity contribution is 0.446. The number of hydrogen-bond donors (Lipinski definition) is 1. The molecule has 2 rings (SSSR count). The molecule has 2 aromatic rings. The van der Waals surface area contributed by atoms with Crippen LogP contribution < -0.4 is 16.0 Å². The normalized spacial score (nSPS) is 10.3. The van der Waals surface area contributed by atoms with Crippen molar-refractivity contribution in [1.29, 1.82) is 0 Å². The fraction of sp³-hybridized carbons (Fsp3) is 0.167. The van der Waals surface area contributed by atoms with E-state index in [4.69, 9.17) is 10.5 Å². The fourth-order valence-electron chi connectivity index (χ4n) is 1.46. The Bertz CT molecular complexity index is 625. The monoisotopic (exact) mass is 249 g/mol. The average molecular weight is 249 g/mol. The standard InChI is InChI=1S/C12H12FN3O2/c1-2-16-6-5-15-11(12(16)17)18-10-4-3-8(13)7-9(10)14/h3-7H,2,14H2,1H3. The number of anilines is 1. The van der Waals surface area contributed by atoms with E-state index >= 15 is 0 Å². The first-order valence-electron chi connectivity index (χ1n) is 5.40. The maximum atomic E-state index is 12.9. The summed E-state index contributed by atoms with van der Waals surface area (Å²) in [6.45, 7) is 2.34. The van der Waals surface area contributed by atoms with Crippen molar-refractivity contribution in [3.05, 3.63) is 46.8 Å². The molecule has 0 atom stereocenters. The first kappa shape index (κ1) is 12.1. The minimum absolute atomic E-state index is 0.0855. The minimum Gasteiger partial charge on any atom is -0.432 e. The van der Waals surface area contributed by atoms with E-state index in [2.05, 4.69) is 4.98 Å². The van der Waals surface area contributed by atoms with Gasteiger partial charge in [-0.1, -0.05) is 0 Å². The van der Waals surface area contributed by atoms with Crippen LogP contribution >= 0.6 is 0 Å². The quantitative estimate of drug-likeness (QED) is 0.842. The van der Waals surface area contributed by atoms with Crippen molar-refractivity contribution < 1.29 is 9.13 Å². The lowest BCUT2D eigenvalue weighted by Gasteiger charge is -2.08. The van der Waals surface area contributed by atoms with Gasteiger partial charge in [0.2, 0.25) is 0 Å². The number of aryl methyl sites for hydroxylation is 1. The predicted octanol–water partition coefficient (Wildman–Crippen LogP) is 1.78. The Morgan fingerprint density at radius 1 is 1.50 bits per heavy atom. The highest BCUT2D eigenvalue weighted by Gasteiger charge is 2.09. The molecule has 0 spiro atoms. The van der Waals surface area contributed by atoms with Crippen LogP contribution in [0.1, 0.15) is 6.92 Å². The highest BCUT2D eigenvalue weighted by atomic mass is 19.1. The molecule has 6 heteroatoms. The summed E-state index contributed by atoms with van der Waals surface area (Å²) in [6, 6.07) is 3.68. The Morgan fingerprint density at radius 2 is 2.28 bits per heavy atom. The van der Waals surface area contributed by atoms with Gasteiger partial charge in [-0.05, 0) is 19.1 Å². The van der Waals surface area contributed by atoms with Crippen LogP contribution in [0.15, 0.2) is 35.4 Å². The van der Waals surface area contributed by atoms with Crippen LogP contribution in [0.3, 0.4) is 0 Å². The van der Waals surface area contributed by atoms with Gasteiger partial charge < -0.3 is 15.0 Å². The molecule has 0 bridgehead atoms. The zero-order valence-electron chi connectivity index (χ0n) is 9.76. The minimum atomic E-state index is -0.466. The molecule has 0 saturated carbocycles. The van der Waals surface area contributed by atoms with E-state index in [1.54, 1.807) is 6.20 Å². The molecule has 1 aromatic carbocycles. The van der Waals surface area contributed by atoms with Gasteiger partial charge in [0.15, 0.2) is 5.75 Å². The lowest BCUT2D eigenvalue weighted by Crippen LogP contribution is -2.20. The highest BCUT2D eigenvalue weighted by Crippen LogP contribution is 2.24. The van der Waals surface area contributed by atoms with Gasteiger partial charge in [-0.3, -0.25) is 4.79 Å². The molecular formula is C12H12FN3O2. The molecule has 0 aliphatic heterocycles. The number of benzene rings is 1.